The molecule has 180 valence electrons. The first-order chi connectivity index (χ1) is 17.4. The summed E-state index contributed by atoms with van der Waals surface area (Å²) in [5.74, 6) is 0.508. The van der Waals surface area contributed by atoms with Crippen LogP contribution in [0.5, 0.6) is 11.5 Å². The van der Waals surface area contributed by atoms with E-state index in [0.29, 0.717) is 11.5 Å². The molecule has 0 spiro atoms. The van der Waals surface area contributed by atoms with Crippen LogP contribution in [0.3, 0.4) is 0 Å². The van der Waals surface area contributed by atoms with Gasteiger partial charge in [-0.2, -0.15) is 0 Å². The highest BCUT2D eigenvalue weighted by molar-refractivity contribution is 7.92. The van der Waals surface area contributed by atoms with Gasteiger partial charge in [0.05, 0.1) is 10.4 Å². The Balaban J connectivity index is 1.36. The predicted molar refractivity (Wildman–Crippen MR) is 141 cm³/mol. The van der Waals surface area contributed by atoms with E-state index >= 15 is 0 Å². The summed E-state index contributed by atoms with van der Waals surface area (Å²) in [6.45, 7) is 3.86. The zero-order valence-corrected chi connectivity index (χ0v) is 20.1. The van der Waals surface area contributed by atoms with Crippen molar-refractivity contribution in [3.05, 3.63) is 127 Å². The molecular weight excluding hydrogens is 475 g/mol. The summed E-state index contributed by atoms with van der Waals surface area (Å²) in [4.78, 5) is 0.0366. The van der Waals surface area contributed by atoms with Crippen LogP contribution in [0.4, 0.5) is 10.1 Å². The number of halogens is 1. The minimum absolute atomic E-state index is 0.0366. The number of nitrogens with one attached hydrogen (secondary N) is 1. The molecular formula is C29H23FN2O3S. The van der Waals surface area contributed by atoms with E-state index in [9.17, 15) is 12.8 Å². The van der Waals surface area contributed by atoms with Crippen molar-refractivity contribution in [1.82, 2.24) is 4.57 Å². The molecule has 0 saturated heterocycles. The highest BCUT2D eigenvalue weighted by Crippen LogP contribution is 2.29. The van der Waals surface area contributed by atoms with Gasteiger partial charge in [-0.3, -0.25) is 4.72 Å². The van der Waals surface area contributed by atoms with Crippen molar-refractivity contribution in [3.63, 3.8) is 0 Å². The molecule has 0 aliphatic rings. The first-order valence-corrected chi connectivity index (χ1v) is 12.8. The third-order valence-electron chi connectivity index (χ3n) is 5.72. The molecule has 1 heterocycles. The average Bonchev–Trinajstić information content (AvgIpc) is 3.25. The maximum atomic E-state index is 13.1. The smallest absolute Gasteiger partial charge is 0.262 e. The van der Waals surface area contributed by atoms with E-state index < -0.39 is 15.8 Å². The number of para-hydroxylation sites is 1. The third kappa shape index (κ3) is 4.87. The Bertz CT molecular complexity index is 1640. The Morgan fingerprint density at radius 1 is 0.889 bits per heavy atom. The fourth-order valence-electron chi connectivity index (χ4n) is 4.03. The molecule has 5 rings (SSSR count). The van der Waals surface area contributed by atoms with Crippen molar-refractivity contribution in [1.29, 1.82) is 0 Å². The molecule has 5 nitrogen and oxygen atoms in total. The van der Waals surface area contributed by atoms with E-state index in [2.05, 4.69) is 34.2 Å². The monoisotopic (exact) mass is 498 g/mol. The summed E-state index contributed by atoms with van der Waals surface area (Å²) < 4.78 is 49.2. The quantitative estimate of drug-likeness (QED) is 0.232. The summed E-state index contributed by atoms with van der Waals surface area (Å²) >= 11 is 0. The summed E-state index contributed by atoms with van der Waals surface area (Å²) in [5, 5.41) is 1.19. The van der Waals surface area contributed by atoms with Crippen LogP contribution in [0.15, 0.2) is 121 Å². The van der Waals surface area contributed by atoms with Gasteiger partial charge in [0.1, 0.15) is 17.3 Å². The van der Waals surface area contributed by atoms with Crippen LogP contribution in [0.2, 0.25) is 0 Å². The van der Waals surface area contributed by atoms with Crippen molar-refractivity contribution in [2.45, 2.75) is 11.3 Å². The number of rotatable bonds is 8. The van der Waals surface area contributed by atoms with Crippen LogP contribution in [0.25, 0.3) is 16.6 Å². The van der Waals surface area contributed by atoms with Crippen LogP contribution in [-0.4, -0.2) is 13.0 Å². The zero-order chi connectivity index (χ0) is 25.1. The third-order valence-corrected chi connectivity index (χ3v) is 7.10. The van der Waals surface area contributed by atoms with E-state index in [1.165, 1.54) is 47.3 Å². The average molecular weight is 499 g/mol. The van der Waals surface area contributed by atoms with E-state index in [4.69, 9.17) is 4.74 Å². The fraction of sp³-hybridized carbons (Fsp3) is 0.0345. The van der Waals surface area contributed by atoms with Gasteiger partial charge in [0.25, 0.3) is 10.0 Å². The number of nitrogens with zero attached hydrogens (tertiary/aromatic N) is 1. The topological polar surface area (TPSA) is 60.3 Å². The Morgan fingerprint density at radius 2 is 1.64 bits per heavy atom. The number of aromatic nitrogens is 1. The zero-order valence-electron chi connectivity index (χ0n) is 19.3. The van der Waals surface area contributed by atoms with Crippen LogP contribution in [0.1, 0.15) is 5.56 Å². The Hall–Kier alpha value is -4.36. The molecule has 0 amide bonds. The second kappa shape index (κ2) is 9.71. The summed E-state index contributed by atoms with van der Waals surface area (Å²) in [7, 11) is -3.87. The lowest BCUT2D eigenvalue weighted by Gasteiger charge is -2.11. The number of hydrogen-bond donors (Lipinski definition) is 1. The fourth-order valence-corrected chi connectivity index (χ4v) is 5.12. The molecule has 0 aliphatic carbocycles. The van der Waals surface area contributed by atoms with Gasteiger partial charge in [-0.25, -0.2) is 12.8 Å². The van der Waals surface area contributed by atoms with Gasteiger partial charge in [-0.05, 0) is 78.7 Å². The molecule has 1 aromatic heterocycles. The predicted octanol–water partition coefficient (Wildman–Crippen LogP) is 7.09. The maximum absolute atomic E-state index is 13.1. The molecule has 0 radical (unpaired) electrons. The van der Waals surface area contributed by atoms with Gasteiger partial charge in [0, 0.05) is 29.0 Å². The van der Waals surface area contributed by atoms with Gasteiger partial charge in [0.2, 0.25) is 0 Å². The molecule has 0 saturated carbocycles. The maximum Gasteiger partial charge on any atom is 0.262 e. The van der Waals surface area contributed by atoms with Crippen LogP contribution < -0.4 is 9.46 Å². The number of sulfonamides is 1. The van der Waals surface area contributed by atoms with Gasteiger partial charge in [-0.1, -0.05) is 30.3 Å². The number of fused-ring (bicyclic) bond motifs is 1. The van der Waals surface area contributed by atoms with Gasteiger partial charge in [0.15, 0.2) is 0 Å². The number of hydrogen-bond acceptors (Lipinski definition) is 3. The van der Waals surface area contributed by atoms with Crippen LogP contribution in [-0.2, 0) is 16.4 Å². The minimum atomic E-state index is -3.87. The van der Waals surface area contributed by atoms with Crippen LogP contribution in [0, 0.1) is 5.82 Å². The molecule has 1 N–H and O–H groups in total. The molecule has 4 aromatic carbocycles. The lowest BCUT2D eigenvalue weighted by atomic mass is 10.1. The lowest BCUT2D eigenvalue weighted by Crippen LogP contribution is -2.12. The molecule has 0 atom stereocenters. The van der Waals surface area contributed by atoms with E-state index in [-0.39, 0.29) is 10.6 Å². The van der Waals surface area contributed by atoms with Crippen molar-refractivity contribution in [3.8, 4) is 17.2 Å². The van der Waals surface area contributed by atoms with Gasteiger partial charge >= 0.3 is 0 Å². The molecule has 0 unspecified atom stereocenters. The normalized spacial score (nSPS) is 11.4. The van der Waals surface area contributed by atoms with E-state index in [1.807, 2.05) is 42.5 Å². The van der Waals surface area contributed by atoms with E-state index in [0.717, 1.165) is 17.6 Å². The number of anilines is 1. The molecule has 5 aromatic rings. The van der Waals surface area contributed by atoms with Crippen LogP contribution >= 0.6 is 0 Å². The van der Waals surface area contributed by atoms with Crippen molar-refractivity contribution >= 4 is 26.6 Å². The van der Waals surface area contributed by atoms with Gasteiger partial charge < -0.3 is 9.30 Å². The largest absolute Gasteiger partial charge is 0.457 e. The van der Waals surface area contributed by atoms with Gasteiger partial charge in [-0.15, -0.1) is 6.58 Å². The highest BCUT2D eigenvalue weighted by atomic mass is 32.2. The SMILES string of the molecule is C=CCc1cn(-c2ccc(Oc3cccc(S(=O)(=O)Nc4ccc(F)cc4)c3)cc2)c2ccccc12. The van der Waals surface area contributed by atoms with Crippen molar-refractivity contribution in [2.24, 2.45) is 0 Å². The number of allylic oxidation sites excluding steroid dienone is 1. The number of ether oxygens (including phenoxy) is 1. The summed E-state index contributed by atoms with van der Waals surface area (Å²) in [6.07, 6.45) is 4.79. The van der Waals surface area contributed by atoms with E-state index in [1.54, 1.807) is 12.1 Å². The first kappa shape index (κ1) is 23.4. The highest BCUT2D eigenvalue weighted by Gasteiger charge is 2.15. The lowest BCUT2D eigenvalue weighted by molar-refractivity contribution is 0.480. The molecule has 0 fully saturated rings. The first-order valence-electron chi connectivity index (χ1n) is 11.3. The molecule has 0 bridgehead atoms. The second-order valence-corrected chi connectivity index (χ2v) is 9.90. The molecule has 7 heteroatoms. The van der Waals surface area contributed by atoms with Crippen molar-refractivity contribution < 1.29 is 17.5 Å². The standard InChI is InChI=1S/C29H23FN2O3S/c1-2-6-21-20-32(29-10-4-3-9-28(21)29)24-15-17-25(18-16-24)35-26-7-5-8-27(19-26)36(33,34)31-23-13-11-22(30)12-14-23/h2-5,7-20,31H,1,6H2. The second-order valence-electron chi connectivity index (χ2n) is 8.22. The summed E-state index contributed by atoms with van der Waals surface area (Å²) in [5.41, 5.74) is 3.56. The Labute approximate surface area is 209 Å². The molecule has 36 heavy (non-hydrogen) atoms. The number of benzene rings is 4. The summed E-state index contributed by atoms with van der Waals surface area (Å²) in [6, 6.07) is 27.1. The Morgan fingerprint density at radius 3 is 2.39 bits per heavy atom. The molecule has 0 aliphatic heterocycles. The Kier molecular flexibility index (Phi) is 6.31. The van der Waals surface area contributed by atoms with Crippen molar-refractivity contribution in [2.75, 3.05) is 4.72 Å². The minimum Gasteiger partial charge on any atom is -0.457 e.